The number of H-pyrrole nitrogens is 1. The first-order chi connectivity index (χ1) is 8.77. The number of nitrogens with one attached hydrogen (secondary N) is 2. The average Bonchev–Trinajstić information content (AvgIpc) is 3.01. The Labute approximate surface area is 105 Å². The van der Waals surface area contributed by atoms with Gasteiger partial charge in [-0.2, -0.15) is 5.10 Å². The summed E-state index contributed by atoms with van der Waals surface area (Å²) in [4.78, 5) is 11.9. The number of nitrogens with zero attached hydrogens (tertiary/aromatic N) is 1. The SMILES string of the molecule is O=C(N[C@H]1CCCC2(C1)OCCO2)c1ccn[nH]1. The minimum Gasteiger partial charge on any atom is -0.348 e. The Morgan fingerprint density at radius 3 is 3.06 bits per heavy atom. The maximum atomic E-state index is 11.9. The molecule has 2 heterocycles. The fraction of sp³-hybridized carbons (Fsp3) is 0.667. The summed E-state index contributed by atoms with van der Waals surface area (Å²) in [5.41, 5.74) is 0.489. The Balaban J connectivity index is 1.61. The molecule has 2 fully saturated rings. The van der Waals surface area contributed by atoms with Gasteiger partial charge >= 0.3 is 0 Å². The monoisotopic (exact) mass is 251 g/mol. The van der Waals surface area contributed by atoms with E-state index in [1.807, 2.05) is 0 Å². The van der Waals surface area contributed by atoms with E-state index < -0.39 is 5.79 Å². The Bertz CT molecular complexity index is 412. The molecule has 1 atom stereocenters. The van der Waals surface area contributed by atoms with Crippen molar-refractivity contribution < 1.29 is 14.3 Å². The van der Waals surface area contributed by atoms with Gasteiger partial charge in [0.25, 0.3) is 5.91 Å². The predicted octanol–water partition coefficient (Wildman–Crippen LogP) is 0.825. The van der Waals surface area contributed by atoms with Crippen molar-refractivity contribution in [3.63, 3.8) is 0 Å². The van der Waals surface area contributed by atoms with Crippen LogP contribution in [0.4, 0.5) is 0 Å². The van der Waals surface area contributed by atoms with Crippen LogP contribution < -0.4 is 5.32 Å². The van der Waals surface area contributed by atoms with Crippen LogP contribution in [0.1, 0.15) is 36.2 Å². The maximum Gasteiger partial charge on any atom is 0.269 e. The molecule has 98 valence electrons. The molecule has 1 aromatic heterocycles. The van der Waals surface area contributed by atoms with E-state index >= 15 is 0 Å². The van der Waals surface area contributed by atoms with Crippen molar-refractivity contribution in [2.45, 2.75) is 37.5 Å². The van der Waals surface area contributed by atoms with E-state index in [0.29, 0.717) is 18.9 Å². The molecule has 1 aliphatic carbocycles. The second-order valence-electron chi connectivity index (χ2n) is 4.84. The zero-order chi connectivity index (χ0) is 12.4. The largest absolute Gasteiger partial charge is 0.348 e. The molecule has 18 heavy (non-hydrogen) atoms. The van der Waals surface area contributed by atoms with E-state index in [1.165, 1.54) is 0 Å². The lowest BCUT2D eigenvalue weighted by atomic mass is 9.89. The molecule has 6 nitrogen and oxygen atoms in total. The summed E-state index contributed by atoms with van der Waals surface area (Å²) in [5.74, 6) is -0.572. The minimum absolute atomic E-state index is 0.104. The molecule has 1 spiro atoms. The molecular formula is C12H17N3O3. The first kappa shape index (κ1) is 11.7. The van der Waals surface area contributed by atoms with Gasteiger partial charge in [0.1, 0.15) is 5.69 Å². The van der Waals surface area contributed by atoms with Crippen LogP contribution in [0.3, 0.4) is 0 Å². The number of rotatable bonds is 2. The highest BCUT2D eigenvalue weighted by Gasteiger charge is 2.41. The van der Waals surface area contributed by atoms with Crippen molar-refractivity contribution in [2.24, 2.45) is 0 Å². The fourth-order valence-electron chi connectivity index (χ4n) is 2.73. The van der Waals surface area contributed by atoms with Crippen molar-refractivity contribution in [3.8, 4) is 0 Å². The number of carbonyl (C=O) groups excluding carboxylic acids is 1. The van der Waals surface area contributed by atoms with Crippen molar-refractivity contribution in [2.75, 3.05) is 13.2 Å². The van der Waals surface area contributed by atoms with Gasteiger partial charge in [0.2, 0.25) is 0 Å². The third-order valence-electron chi connectivity index (χ3n) is 3.56. The third kappa shape index (κ3) is 2.26. The zero-order valence-electron chi connectivity index (χ0n) is 10.1. The number of amides is 1. The van der Waals surface area contributed by atoms with Crippen molar-refractivity contribution in [1.82, 2.24) is 15.5 Å². The molecule has 1 aromatic rings. The van der Waals surface area contributed by atoms with Crippen LogP contribution in [0.5, 0.6) is 0 Å². The topological polar surface area (TPSA) is 76.2 Å². The lowest BCUT2D eigenvalue weighted by Crippen LogP contribution is -2.46. The summed E-state index contributed by atoms with van der Waals surface area (Å²) >= 11 is 0. The number of carbonyl (C=O) groups is 1. The van der Waals surface area contributed by atoms with Gasteiger partial charge in [-0.05, 0) is 18.9 Å². The van der Waals surface area contributed by atoms with Gasteiger partial charge in [-0.15, -0.1) is 0 Å². The van der Waals surface area contributed by atoms with Crippen LogP contribution in [0, 0.1) is 0 Å². The summed E-state index contributed by atoms with van der Waals surface area (Å²) in [5, 5.41) is 9.44. The highest BCUT2D eigenvalue weighted by molar-refractivity contribution is 5.92. The average molecular weight is 251 g/mol. The molecule has 0 radical (unpaired) electrons. The van der Waals surface area contributed by atoms with E-state index in [1.54, 1.807) is 12.3 Å². The first-order valence-electron chi connectivity index (χ1n) is 6.36. The Kier molecular flexibility index (Phi) is 3.05. The number of hydrogen-bond donors (Lipinski definition) is 2. The second kappa shape index (κ2) is 4.70. The van der Waals surface area contributed by atoms with Gasteiger partial charge in [0, 0.05) is 25.1 Å². The van der Waals surface area contributed by atoms with Crippen LogP contribution in [-0.4, -0.2) is 41.1 Å². The quantitative estimate of drug-likeness (QED) is 0.816. The van der Waals surface area contributed by atoms with Crippen LogP contribution in [0.25, 0.3) is 0 Å². The number of aromatic nitrogens is 2. The van der Waals surface area contributed by atoms with Crippen molar-refractivity contribution in [1.29, 1.82) is 0 Å². The fourth-order valence-corrected chi connectivity index (χ4v) is 2.73. The lowest BCUT2D eigenvalue weighted by molar-refractivity contribution is -0.181. The smallest absolute Gasteiger partial charge is 0.269 e. The summed E-state index contributed by atoms with van der Waals surface area (Å²) in [6.45, 7) is 1.31. The summed E-state index contributed by atoms with van der Waals surface area (Å²) in [6.07, 6.45) is 5.19. The molecule has 3 rings (SSSR count). The molecule has 0 bridgehead atoms. The third-order valence-corrected chi connectivity index (χ3v) is 3.56. The number of ether oxygens (including phenoxy) is 2. The van der Waals surface area contributed by atoms with E-state index in [9.17, 15) is 4.79 Å². The highest BCUT2D eigenvalue weighted by atomic mass is 16.7. The molecule has 1 aliphatic heterocycles. The van der Waals surface area contributed by atoms with Crippen LogP contribution in [0.15, 0.2) is 12.3 Å². The van der Waals surface area contributed by atoms with Gasteiger partial charge in [0.05, 0.1) is 13.2 Å². The Morgan fingerprint density at radius 2 is 2.33 bits per heavy atom. The van der Waals surface area contributed by atoms with Gasteiger partial charge in [0.15, 0.2) is 5.79 Å². The Hall–Kier alpha value is -1.40. The molecule has 2 aliphatic rings. The van der Waals surface area contributed by atoms with Crippen LogP contribution in [-0.2, 0) is 9.47 Å². The molecule has 1 saturated carbocycles. The summed E-state index contributed by atoms with van der Waals surface area (Å²) < 4.78 is 11.4. The van der Waals surface area contributed by atoms with Gasteiger partial charge in [-0.25, -0.2) is 0 Å². The molecule has 1 saturated heterocycles. The molecule has 0 unspecified atom stereocenters. The normalized spacial score (nSPS) is 26.3. The van der Waals surface area contributed by atoms with E-state index in [-0.39, 0.29) is 11.9 Å². The van der Waals surface area contributed by atoms with Crippen LogP contribution in [0.2, 0.25) is 0 Å². The summed E-state index contributed by atoms with van der Waals surface area (Å²) in [7, 11) is 0. The molecule has 2 N–H and O–H groups in total. The predicted molar refractivity (Wildman–Crippen MR) is 62.9 cm³/mol. The molecule has 1 amide bonds. The van der Waals surface area contributed by atoms with Crippen LogP contribution >= 0.6 is 0 Å². The van der Waals surface area contributed by atoms with E-state index in [0.717, 1.165) is 25.7 Å². The number of aromatic amines is 1. The second-order valence-corrected chi connectivity index (χ2v) is 4.84. The van der Waals surface area contributed by atoms with Crippen molar-refractivity contribution >= 4 is 5.91 Å². The minimum atomic E-state index is -0.454. The molecule has 0 aromatic carbocycles. The first-order valence-corrected chi connectivity index (χ1v) is 6.36. The molecular weight excluding hydrogens is 234 g/mol. The zero-order valence-corrected chi connectivity index (χ0v) is 10.1. The van der Waals surface area contributed by atoms with E-state index in [4.69, 9.17) is 9.47 Å². The standard InChI is InChI=1S/C12H17N3O3/c16-11(10-3-5-13-15-10)14-9-2-1-4-12(8-9)17-6-7-18-12/h3,5,9H,1-2,4,6-8H2,(H,13,15)(H,14,16)/t9-/m0/s1. The van der Waals surface area contributed by atoms with Gasteiger partial charge in [-0.3, -0.25) is 9.89 Å². The highest BCUT2D eigenvalue weighted by Crippen LogP contribution is 2.35. The van der Waals surface area contributed by atoms with Gasteiger partial charge < -0.3 is 14.8 Å². The molecule has 6 heteroatoms. The van der Waals surface area contributed by atoms with Crippen molar-refractivity contribution in [3.05, 3.63) is 18.0 Å². The maximum absolute atomic E-state index is 11.9. The lowest BCUT2D eigenvalue weighted by Gasteiger charge is -2.36. The van der Waals surface area contributed by atoms with E-state index in [2.05, 4.69) is 15.5 Å². The Morgan fingerprint density at radius 1 is 1.50 bits per heavy atom. The summed E-state index contributed by atoms with van der Waals surface area (Å²) in [6, 6.07) is 1.77. The van der Waals surface area contributed by atoms with Gasteiger partial charge in [-0.1, -0.05) is 0 Å². The number of hydrogen-bond acceptors (Lipinski definition) is 4.